The lowest BCUT2D eigenvalue weighted by atomic mass is 9.48. The average molecular weight is 358 g/mol. The number of hydrogen-bond donors (Lipinski definition) is 2. The second-order valence-electron chi connectivity index (χ2n) is 9.24. The van der Waals surface area contributed by atoms with Gasteiger partial charge in [0, 0.05) is 5.41 Å². The van der Waals surface area contributed by atoms with E-state index in [4.69, 9.17) is 4.74 Å². The molecule has 4 bridgehead atoms. The number of ether oxygens (including phenoxy) is 1. The quantitative estimate of drug-likeness (QED) is 0.821. The number of para-hydroxylation sites is 2. The van der Waals surface area contributed by atoms with E-state index in [1.54, 1.807) is 7.11 Å². The van der Waals surface area contributed by atoms with Crippen molar-refractivity contribution in [2.24, 2.45) is 23.2 Å². The predicted octanol–water partition coefficient (Wildman–Crippen LogP) is 3.19. The first-order chi connectivity index (χ1) is 12.5. The average Bonchev–Trinajstić information content (AvgIpc) is 2.61. The maximum absolute atomic E-state index is 12.7. The van der Waals surface area contributed by atoms with Crippen LogP contribution in [-0.4, -0.2) is 25.1 Å². The highest BCUT2D eigenvalue weighted by molar-refractivity contribution is 5.94. The first-order valence-corrected chi connectivity index (χ1v) is 10.3. The summed E-state index contributed by atoms with van der Waals surface area (Å²) in [4.78, 5) is 12.7. The molecular weight excluding hydrogens is 324 g/mol. The van der Waals surface area contributed by atoms with Gasteiger partial charge in [-0.1, -0.05) is 12.1 Å². The Morgan fingerprint density at radius 3 is 2.27 bits per heavy atom. The van der Waals surface area contributed by atoms with Gasteiger partial charge in [-0.15, -0.1) is 0 Å². The van der Waals surface area contributed by atoms with E-state index in [1.165, 1.54) is 38.5 Å². The van der Waals surface area contributed by atoms with Crippen LogP contribution >= 0.6 is 0 Å². The fraction of sp³-hybridized carbons (Fsp3) is 0.682. The Kier molecular flexibility index (Phi) is 4.72. The Bertz CT molecular complexity index is 637. The second-order valence-corrected chi connectivity index (χ2v) is 9.24. The van der Waals surface area contributed by atoms with Crippen molar-refractivity contribution < 1.29 is 14.8 Å². The van der Waals surface area contributed by atoms with Crippen molar-refractivity contribution >= 4 is 11.6 Å². The summed E-state index contributed by atoms with van der Waals surface area (Å²) in [5.74, 6) is 3.63. The predicted molar refractivity (Wildman–Crippen MR) is 103 cm³/mol. The molecule has 5 rings (SSSR count). The Morgan fingerprint density at radius 2 is 1.69 bits per heavy atom. The number of carbonyl (C=O) groups is 1. The summed E-state index contributed by atoms with van der Waals surface area (Å²) < 4.78 is 5.35. The van der Waals surface area contributed by atoms with Gasteiger partial charge in [0.05, 0.1) is 18.8 Å². The van der Waals surface area contributed by atoms with Gasteiger partial charge in [0.15, 0.2) is 6.04 Å². The minimum atomic E-state index is -0.0945. The molecule has 4 aliphatic rings. The van der Waals surface area contributed by atoms with Crippen molar-refractivity contribution in [2.45, 2.75) is 64.5 Å². The molecule has 4 nitrogen and oxygen atoms in total. The summed E-state index contributed by atoms with van der Waals surface area (Å²) in [5, 5.41) is 5.36. The number of benzene rings is 1. The molecular formula is C22H33N2O2+. The molecule has 0 heterocycles. The standard InChI is InChI=1S/C22H32N2O2/c1-14(21(25)24-19-6-4-5-7-20(19)26-3)23-15(2)22-11-16-8-17(12-22)10-18(9-16)13-22/h4-7,14-18,23H,8-13H2,1-3H3,(H,24,25)/p+1/t14-,15-,16?,17?,18?,22?/m1/s1. The number of nitrogens with one attached hydrogen (secondary N) is 1. The zero-order valence-electron chi connectivity index (χ0n) is 16.3. The van der Waals surface area contributed by atoms with Crippen LogP contribution in [-0.2, 0) is 4.79 Å². The third-order valence-electron chi connectivity index (χ3n) is 7.41. The largest absolute Gasteiger partial charge is 0.495 e. The Balaban J connectivity index is 1.40. The van der Waals surface area contributed by atoms with E-state index < -0.39 is 0 Å². The van der Waals surface area contributed by atoms with Crippen molar-refractivity contribution in [3.8, 4) is 5.75 Å². The van der Waals surface area contributed by atoms with Crippen molar-refractivity contribution in [3.63, 3.8) is 0 Å². The third-order valence-corrected chi connectivity index (χ3v) is 7.41. The monoisotopic (exact) mass is 357 g/mol. The molecule has 3 N–H and O–H groups in total. The SMILES string of the molecule is COc1ccccc1NC(=O)[C@@H](C)[NH2+][C@H](C)C12CC3CC(CC(C3)C1)C2. The molecule has 4 saturated carbocycles. The number of anilines is 1. The lowest BCUT2D eigenvalue weighted by Crippen LogP contribution is -2.98. The van der Waals surface area contributed by atoms with Crippen LogP contribution in [0.25, 0.3) is 0 Å². The Hall–Kier alpha value is -1.55. The van der Waals surface area contributed by atoms with Gasteiger partial charge in [-0.3, -0.25) is 4.79 Å². The molecule has 0 saturated heterocycles. The Labute approximate surface area is 157 Å². The van der Waals surface area contributed by atoms with E-state index in [9.17, 15) is 4.79 Å². The van der Waals surface area contributed by atoms with Crippen LogP contribution in [0.15, 0.2) is 24.3 Å². The first kappa shape index (κ1) is 17.8. The van der Waals surface area contributed by atoms with E-state index in [1.807, 2.05) is 31.2 Å². The van der Waals surface area contributed by atoms with Gasteiger partial charge in [-0.05, 0) is 82.3 Å². The summed E-state index contributed by atoms with van der Waals surface area (Å²) in [6, 6.07) is 8.02. The molecule has 4 heteroatoms. The fourth-order valence-electron chi connectivity index (χ4n) is 6.45. The van der Waals surface area contributed by atoms with Crippen molar-refractivity contribution in [2.75, 3.05) is 12.4 Å². The van der Waals surface area contributed by atoms with Crippen molar-refractivity contribution in [3.05, 3.63) is 24.3 Å². The summed E-state index contributed by atoms with van der Waals surface area (Å²) in [7, 11) is 1.63. The zero-order chi connectivity index (χ0) is 18.3. The summed E-state index contributed by atoms with van der Waals surface area (Å²) in [6.07, 6.45) is 8.56. The maximum atomic E-state index is 12.7. The van der Waals surface area contributed by atoms with Crippen LogP contribution in [0, 0.1) is 23.2 Å². The molecule has 0 radical (unpaired) electrons. The van der Waals surface area contributed by atoms with Gasteiger partial charge in [0.1, 0.15) is 5.75 Å². The lowest BCUT2D eigenvalue weighted by molar-refractivity contribution is -0.718. The number of rotatable bonds is 6. The number of hydrogen-bond acceptors (Lipinski definition) is 2. The van der Waals surface area contributed by atoms with E-state index in [-0.39, 0.29) is 11.9 Å². The van der Waals surface area contributed by atoms with Crippen LogP contribution in [0.3, 0.4) is 0 Å². The molecule has 1 amide bonds. The molecule has 4 aliphatic carbocycles. The minimum Gasteiger partial charge on any atom is -0.495 e. The third kappa shape index (κ3) is 3.24. The minimum absolute atomic E-state index is 0.0612. The highest BCUT2D eigenvalue weighted by Gasteiger charge is 2.54. The van der Waals surface area contributed by atoms with Crippen molar-refractivity contribution in [1.29, 1.82) is 0 Å². The number of amides is 1. The molecule has 1 aromatic rings. The molecule has 142 valence electrons. The number of quaternary nitrogens is 1. The van der Waals surface area contributed by atoms with Crippen LogP contribution < -0.4 is 15.4 Å². The van der Waals surface area contributed by atoms with Gasteiger partial charge < -0.3 is 15.4 Å². The fourth-order valence-corrected chi connectivity index (χ4v) is 6.45. The maximum Gasteiger partial charge on any atom is 0.282 e. The van der Waals surface area contributed by atoms with Crippen LogP contribution in [0.4, 0.5) is 5.69 Å². The van der Waals surface area contributed by atoms with E-state index in [0.717, 1.165) is 23.4 Å². The summed E-state index contributed by atoms with van der Waals surface area (Å²) in [5.41, 5.74) is 1.22. The highest BCUT2D eigenvalue weighted by atomic mass is 16.5. The van der Waals surface area contributed by atoms with Gasteiger partial charge in [0.2, 0.25) is 0 Å². The number of methoxy groups -OCH3 is 1. The van der Waals surface area contributed by atoms with E-state index in [0.29, 0.717) is 17.2 Å². The number of carbonyl (C=O) groups excluding carboxylic acids is 1. The molecule has 2 atom stereocenters. The van der Waals surface area contributed by atoms with Gasteiger partial charge in [-0.2, -0.15) is 0 Å². The van der Waals surface area contributed by atoms with Crippen LogP contribution in [0.1, 0.15) is 52.4 Å². The molecule has 0 spiro atoms. The first-order valence-electron chi connectivity index (χ1n) is 10.3. The van der Waals surface area contributed by atoms with Crippen LogP contribution in [0.2, 0.25) is 0 Å². The normalized spacial score (nSPS) is 34.3. The molecule has 1 aromatic carbocycles. The highest BCUT2D eigenvalue weighted by Crippen LogP contribution is 2.60. The van der Waals surface area contributed by atoms with E-state index in [2.05, 4.69) is 17.6 Å². The van der Waals surface area contributed by atoms with Gasteiger partial charge in [0.25, 0.3) is 5.91 Å². The topological polar surface area (TPSA) is 54.9 Å². The smallest absolute Gasteiger partial charge is 0.282 e. The van der Waals surface area contributed by atoms with E-state index >= 15 is 0 Å². The molecule has 4 fully saturated rings. The number of nitrogens with two attached hydrogens (primary N) is 1. The molecule has 0 unspecified atom stereocenters. The second kappa shape index (κ2) is 6.88. The zero-order valence-corrected chi connectivity index (χ0v) is 16.3. The van der Waals surface area contributed by atoms with Gasteiger partial charge >= 0.3 is 0 Å². The van der Waals surface area contributed by atoms with Crippen LogP contribution in [0.5, 0.6) is 5.75 Å². The van der Waals surface area contributed by atoms with Gasteiger partial charge in [-0.25, -0.2) is 0 Å². The molecule has 0 aliphatic heterocycles. The molecule has 26 heavy (non-hydrogen) atoms. The summed E-state index contributed by atoms with van der Waals surface area (Å²) >= 11 is 0. The molecule has 0 aromatic heterocycles. The summed E-state index contributed by atoms with van der Waals surface area (Å²) in [6.45, 7) is 4.39. The Morgan fingerprint density at radius 1 is 1.12 bits per heavy atom. The lowest BCUT2D eigenvalue weighted by Gasteiger charge is -2.58. The van der Waals surface area contributed by atoms with Crippen molar-refractivity contribution in [1.82, 2.24) is 0 Å².